The summed E-state index contributed by atoms with van der Waals surface area (Å²) in [5.41, 5.74) is -2.61. The van der Waals surface area contributed by atoms with E-state index in [2.05, 4.69) is 10.6 Å². The molecule has 0 aliphatic carbocycles. The predicted octanol–water partition coefficient (Wildman–Crippen LogP) is 5.66. The van der Waals surface area contributed by atoms with E-state index in [4.69, 9.17) is 14.2 Å². The van der Waals surface area contributed by atoms with Gasteiger partial charge in [0.05, 0.1) is 35.2 Å². The number of alkyl halides is 3. The number of nitrogens with zero attached hydrogens (tertiary/aromatic N) is 1. The molecule has 264 valence electrons. The van der Waals surface area contributed by atoms with Gasteiger partial charge in [0.2, 0.25) is 0 Å². The predicted molar refractivity (Wildman–Crippen MR) is 174 cm³/mol. The lowest BCUT2D eigenvalue weighted by molar-refractivity contribution is -0.384. The molecule has 0 spiro atoms. The smallest absolute Gasteiger partial charge is 0.431 e. The lowest BCUT2D eigenvalue weighted by Crippen LogP contribution is -2.42. The van der Waals surface area contributed by atoms with Crippen LogP contribution in [0.4, 0.5) is 18.9 Å². The number of rotatable bonds is 14. The number of nitro benzene ring substituents is 1. The van der Waals surface area contributed by atoms with E-state index in [1.165, 1.54) is 26.0 Å². The molecule has 11 nitrogen and oxygen atoms in total. The van der Waals surface area contributed by atoms with Crippen LogP contribution in [0.15, 0.2) is 71.1 Å². The molecule has 1 aliphatic rings. The number of hydrogen-bond donors (Lipinski definition) is 3. The van der Waals surface area contributed by atoms with E-state index in [1.54, 1.807) is 12.1 Å². The van der Waals surface area contributed by atoms with Gasteiger partial charge in [-0.25, -0.2) is 9.59 Å². The molecule has 0 fully saturated rings. The molecule has 0 radical (unpaired) electrons. The molecule has 2 aromatic rings. The number of allylic oxidation sites excluding steroid dienone is 2. The van der Waals surface area contributed by atoms with Gasteiger partial charge in [0.15, 0.2) is 0 Å². The first-order valence-electron chi connectivity index (χ1n) is 15.0. The van der Waals surface area contributed by atoms with Gasteiger partial charge in [0, 0.05) is 29.9 Å². The topological polar surface area (TPSA) is 149 Å². The first-order chi connectivity index (χ1) is 22.0. The Balaban J connectivity index is 0.00000800. The number of aryl methyl sites for hydroxylation is 1. The SMILES string of the molecule is CCOC(=O)C1=C(C(F)(F)F)NC(C)=C(C(=O)OCCCc2ccc(OCC(O)CNC(C)(C)C)cc2)C1c1cccc([N+](=O)[O-])c1.Cl. The largest absolute Gasteiger partial charge is 0.491 e. The molecule has 48 heavy (non-hydrogen) atoms. The molecule has 15 heteroatoms. The summed E-state index contributed by atoms with van der Waals surface area (Å²) in [6.07, 6.45) is -4.88. The highest BCUT2D eigenvalue weighted by Gasteiger charge is 2.47. The lowest BCUT2D eigenvalue weighted by atomic mass is 9.80. The molecular formula is C33H41ClF3N3O8. The first kappa shape index (κ1) is 40.0. The van der Waals surface area contributed by atoms with Gasteiger partial charge in [-0.3, -0.25) is 10.1 Å². The third-order valence-electron chi connectivity index (χ3n) is 7.05. The van der Waals surface area contributed by atoms with Crippen LogP contribution in [0.25, 0.3) is 0 Å². The van der Waals surface area contributed by atoms with Crippen molar-refractivity contribution in [3.63, 3.8) is 0 Å². The van der Waals surface area contributed by atoms with E-state index < -0.39 is 52.0 Å². The van der Waals surface area contributed by atoms with Gasteiger partial charge in [-0.15, -0.1) is 12.4 Å². The third kappa shape index (κ3) is 11.2. The second-order valence-electron chi connectivity index (χ2n) is 11.9. The highest BCUT2D eigenvalue weighted by atomic mass is 35.5. The summed E-state index contributed by atoms with van der Waals surface area (Å²) in [6.45, 7) is 8.77. The average molecular weight is 700 g/mol. The third-order valence-corrected chi connectivity index (χ3v) is 7.05. The number of esters is 2. The zero-order chi connectivity index (χ0) is 34.9. The number of dihydropyridines is 1. The van der Waals surface area contributed by atoms with Gasteiger partial charge in [0.25, 0.3) is 5.69 Å². The quantitative estimate of drug-likeness (QED) is 0.0976. The Morgan fingerprint density at radius 2 is 1.71 bits per heavy atom. The van der Waals surface area contributed by atoms with E-state index >= 15 is 0 Å². The van der Waals surface area contributed by atoms with Crippen molar-refractivity contribution < 1.29 is 47.0 Å². The molecule has 0 amide bonds. The Morgan fingerprint density at radius 1 is 1.06 bits per heavy atom. The number of hydrogen-bond acceptors (Lipinski definition) is 10. The highest BCUT2D eigenvalue weighted by molar-refractivity contribution is 6.00. The fourth-order valence-corrected chi connectivity index (χ4v) is 4.85. The molecule has 0 aromatic heterocycles. The summed E-state index contributed by atoms with van der Waals surface area (Å²) in [5, 5.41) is 26.9. The van der Waals surface area contributed by atoms with E-state index in [1.807, 2.05) is 32.9 Å². The molecule has 1 aliphatic heterocycles. The fraction of sp³-hybridized carbons (Fsp3) is 0.455. The maximum absolute atomic E-state index is 14.2. The number of ether oxygens (including phenoxy) is 3. The summed E-state index contributed by atoms with van der Waals surface area (Å²) < 4.78 is 58.6. The zero-order valence-electron chi connectivity index (χ0n) is 27.3. The standard InChI is InChI=1S/C33H40F3N3O8.ClH/c1-6-45-31(42)28-27(22-10-7-11-23(17-22)39(43)44)26(20(2)38-29(28)33(34,35)36)30(41)46-16-8-9-21-12-14-25(15-13-21)47-19-24(40)18-37-32(3,4)5;/h7,10-15,17,24,27,37-38,40H,6,8-9,16,18-19H2,1-5H3;1H. The van der Waals surface area contributed by atoms with E-state index in [-0.39, 0.29) is 54.6 Å². The zero-order valence-corrected chi connectivity index (χ0v) is 28.1. The van der Waals surface area contributed by atoms with Crippen molar-refractivity contribution in [1.82, 2.24) is 10.6 Å². The van der Waals surface area contributed by atoms with E-state index in [9.17, 15) is 38.0 Å². The Bertz CT molecular complexity index is 1500. The van der Waals surface area contributed by atoms with Crippen LogP contribution in [-0.2, 0) is 25.5 Å². The molecule has 2 aromatic carbocycles. The number of nitrogens with one attached hydrogen (secondary N) is 2. The van der Waals surface area contributed by atoms with Gasteiger partial charge in [-0.2, -0.15) is 13.2 Å². The molecular weight excluding hydrogens is 659 g/mol. The van der Waals surface area contributed by atoms with Crippen LogP contribution in [0.5, 0.6) is 5.75 Å². The van der Waals surface area contributed by atoms with Gasteiger partial charge in [0.1, 0.15) is 24.2 Å². The lowest BCUT2D eigenvalue weighted by Gasteiger charge is -2.32. The van der Waals surface area contributed by atoms with Crippen LogP contribution >= 0.6 is 12.4 Å². The summed E-state index contributed by atoms with van der Waals surface area (Å²) in [4.78, 5) is 37.1. The molecule has 3 rings (SSSR count). The van der Waals surface area contributed by atoms with Crippen molar-refractivity contribution in [3.05, 3.63) is 92.3 Å². The molecule has 0 saturated carbocycles. The Morgan fingerprint density at radius 3 is 2.29 bits per heavy atom. The minimum absolute atomic E-state index is 0. The van der Waals surface area contributed by atoms with Gasteiger partial charge >= 0.3 is 18.1 Å². The number of aliphatic hydroxyl groups is 1. The van der Waals surface area contributed by atoms with Gasteiger partial charge < -0.3 is 30.0 Å². The molecule has 1 heterocycles. The van der Waals surface area contributed by atoms with Crippen molar-refractivity contribution in [2.45, 2.75) is 71.2 Å². The Labute approximate surface area is 283 Å². The maximum Gasteiger partial charge on any atom is 0.431 e. The van der Waals surface area contributed by atoms with Gasteiger partial charge in [-0.05, 0) is 70.7 Å². The van der Waals surface area contributed by atoms with Crippen LogP contribution in [-0.4, -0.2) is 66.2 Å². The molecule has 0 saturated heterocycles. The monoisotopic (exact) mass is 699 g/mol. The minimum atomic E-state index is -5.04. The van der Waals surface area contributed by atoms with Crippen LogP contribution in [0.3, 0.4) is 0 Å². The molecule has 2 atom stereocenters. The number of aliphatic hydroxyl groups excluding tert-OH is 1. The minimum Gasteiger partial charge on any atom is -0.491 e. The number of nitro groups is 1. The van der Waals surface area contributed by atoms with E-state index in [0.29, 0.717) is 25.1 Å². The van der Waals surface area contributed by atoms with Gasteiger partial charge in [-0.1, -0.05) is 24.3 Å². The van der Waals surface area contributed by atoms with Crippen molar-refractivity contribution in [1.29, 1.82) is 0 Å². The van der Waals surface area contributed by atoms with Crippen LogP contribution in [0.1, 0.15) is 58.1 Å². The number of halogens is 4. The summed E-state index contributed by atoms with van der Waals surface area (Å²) >= 11 is 0. The number of benzene rings is 2. The second kappa shape index (κ2) is 17.3. The van der Waals surface area contributed by atoms with Crippen molar-refractivity contribution in [2.24, 2.45) is 0 Å². The van der Waals surface area contributed by atoms with Crippen molar-refractivity contribution in [2.75, 3.05) is 26.4 Å². The normalized spacial score (nSPS) is 15.6. The Kier molecular flexibility index (Phi) is 14.4. The molecule has 2 unspecified atom stereocenters. The van der Waals surface area contributed by atoms with Crippen LogP contribution in [0.2, 0.25) is 0 Å². The highest BCUT2D eigenvalue weighted by Crippen LogP contribution is 2.44. The average Bonchev–Trinajstić information content (AvgIpc) is 3.00. The van der Waals surface area contributed by atoms with Crippen LogP contribution in [0, 0.1) is 10.1 Å². The number of non-ortho nitro benzene ring substituents is 1. The summed E-state index contributed by atoms with van der Waals surface area (Å²) in [7, 11) is 0. The van der Waals surface area contributed by atoms with E-state index in [0.717, 1.165) is 17.7 Å². The first-order valence-corrected chi connectivity index (χ1v) is 15.0. The van der Waals surface area contributed by atoms with Crippen molar-refractivity contribution in [3.8, 4) is 5.75 Å². The summed E-state index contributed by atoms with van der Waals surface area (Å²) in [6, 6.07) is 11.9. The number of β-amino-alcohol motifs (C(OH)–C–C–N with tert-alkyl or cyclic N) is 1. The molecule has 0 bridgehead atoms. The molecule has 3 N–H and O–H groups in total. The van der Waals surface area contributed by atoms with Crippen LogP contribution < -0.4 is 15.4 Å². The Hall–Kier alpha value is -4.14. The summed E-state index contributed by atoms with van der Waals surface area (Å²) in [5.74, 6) is -3.41. The maximum atomic E-state index is 14.2. The number of carbonyl (C=O) groups excluding carboxylic acids is 2. The number of carbonyl (C=O) groups is 2. The van der Waals surface area contributed by atoms with Crippen molar-refractivity contribution >= 4 is 30.0 Å². The second-order valence-corrected chi connectivity index (χ2v) is 11.9. The fourth-order valence-electron chi connectivity index (χ4n) is 4.85.